The molecule has 5 atom stereocenters. The number of likely N-dealkylation sites (tertiary alicyclic amines) is 1. The molecule has 50 heavy (non-hydrogen) atoms. The maximum Gasteiger partial charge on any atom is 0.292 e. The Kier molecular flexibility index (Phi) is 15.1. The number of rotatable bonds is 18. The first kappa shape index (κ1) is 39.4. The lowest BCUT2D eigenvalue weighted by atomic mass is 9.97. The molecular weight excluding hydrogens is 644 g/mol. The molecular formula is C35H50N8O7. The molecule has 1 aliphatic rings. The minimum absolute atomic E-state index is 0.0689. The van der Waals surface area contributed by atoms with Crippen LogP contribution in [0.1, 0.15) is 71.6 Å². The van der Waals surface area contributed by atoms with Crippen LogP contribution in [0.5, 0.6) is 0 Å². The molecule has 1 saturated heterocycles. The van der Waals surface area contributed by atoms with Gasteiger partial charge in [0.05, 0.1) is 12.9 Å². The molecule has 3 rings (SSSR count). The highest BCUT2D eigenvalue weighted by Crippen LogP contribution is 2.19. The first-order valence-corrected chi connectivity index (χ1v) is 17.1. The van der Waals surface area contributed by atoms with Crippen molar-refractivity contribution in [2.24, 2.45) is 11.8 Å². The Morgan fingerprint density at radius 1 is 0.920 bits per heavy atom. The van der Waals surface area contributed by atoms with E-state index in [9.17, 15) is 33.6 Å². The van der Waals surface area contributed by atoms with Crippen molar-refractivity contribution in [3.8, 4) is 0 Å². The van der Waals surface area contributed by atoms with Gasteiger partial charge < -0.3 is 36.5 Å². The number of hydrogen-bond donors (Lipinski definition) is 6. The Hall–Kier alpha value is -5.08. The molecule has 0 radical (unpaired) electrons. The second kappa shape index (κ2) is 19.2. The molecule has 272 valence electrons. The summed E-state index contributed by atoms with van der Waals surface area (Å²) < 4.78 is 0. The Labute approximate surface area is 292 Å². The highest BCUT2D eigenvalue weighted by molar-refractivity contribution is 6.37. The van der Waals surface area contributed by atoms with Crippen LogP contribution in [-0.4, -0.2) is 93.4 Å². The lowest BCUT2D eigenvalue weighted by Crippen LogP contribution is -2.56. The minimum Gasteiger partial charge on any atom is -0.350 e. The number of nitrogens with zero attached hydrogens (tertiary/aromatic N) is 2. The lowest BCUT2D eigenvalue weighted by Gasteiger charge is -2.28. The van der Waals surface area contributed by atoms with Gasteiger partial charge in [0.25, 0.3) is 5.91 Å². The van der Waals surface area contributed by atoms with Crippen molar-refractivity contribution in [1.82, 2.24) is 41.5 Å². The number of benzene rings is 1. The van der Waals surface area contributed by atoms with Crippen LogP contribution in [0.3, 0.4) is 0 Å². The average Bonchev–Trinajstić information content (AvgIpc) is 3.80. The van der Waals surface area contributed by atoms with Crippen LogP contribution in [0.2, 0.25) is 0 Å². The van der Waals surface area contributed by atoms with Crippen molar-refractivity contribution in [2.75, 3.05) is 13.1 Å². The second-order valence-electron chi connectivity index (χ2n) is 13.1. The van der Waals surface area contributed by atoms with E-state index in [0.717, 1.165) is 5.56 Å². The van der Waals surface area contributed by atoms with E-state index in [0.29, 0.717) is 31.5 Å². The van der Waals surface area contributed by atoms with Crippen molar-refractivity contribution in [3.63, 3.8) is 0 Å². The summed E-state index contributed by atoms with van der Waals surface area (Å²) in [7, 11) is 0. The predicted octanol–water partition coefficient (Wildman–Crippen LogP) is 0.511. The number of aromatic amines is 1. The van der Waals surface area contributed by atoms with Crippen molar-refractivity contribution >= 4 is 41.2 Å². The molecule has 0 spiro atoms. The Morgan fingerprint density at radius 3 is 2.28 bits per heavy atom. The first-order valence-electron chi connectivity index (χ1n) is 17.1. The van der Waals surface area contributed by atoms with Crippen molar-refractivity contribution < 1.29 is 33.6 Å². The molecule has 2 heterocycles. The summed E-state index contributed by atoms with van der Waals surface area (Å²) in [5.74, 6) is -4.53. The van der Waals surface area contributed by atoms with Gasteiger partial charge in [0.15, 0.2) is 0 Å². The monoisotopic (exact) mass is 694 g/mol. The SMILES string of the molecule is CC[C@H](C)[C@H](NC(=O)[C@@H]1CCCN1C(=O)C(=O)CNC(=O)[C@H](C)NC(=O)[C@H](Cc1cnc[nH]1)NC(=O)CC(C)C)C(=O)NCc1ccccc1. The molecule has 0 saturated carbocycles. The van der Waals surface area contributed by atoms with Gasteiger partial charge in [-0.15, -0.1) is 0 Å². The van der Waals surface area contributed by atoms with Gasteiger partial charge in [-0.25, -0.2) is 4.98 Å². The van der Waals surface area contributed by atoms with Gasteiger partial charge in [0, 0.05) is 37.8 Å². The van der Waals surface area contributed by atoms with Crippen LogP contribution >= 0.6 is 0 Å². The average molecular weight is 695 g/mol. The van der Waals surface area contributed by atoms with E-state index in [4.69, 9.17) is 0 Å². The Balaban J connectivity index is 1.54. The molecule has 15 nitrogen and oxygen atoms in total. The molecule has 0 aliphatic carbocycles. The maximum absolute atomic E-state index is 13.4. The van der Waals surface area contributed by atoms with E-state index in [1.54, 1.807) is 0 Å². The van der Waals surface area contributed by atoms with E-state index < -0.39 is 60.1 Å². The normalized spacial score (nSPS) is 16.4. The molecule has 1 aromatic heterocycles. The molecule has 2 aromatic rings. The summed E-state index contributed by atoms with van der Waals surface area (Å²) in [4.78, 5) is 98.9. The first-order chi connectivity index (χ1) is 23.8. The molecule has 15 heteroatoms. The topological polar surface area (TPSA) is 212 Å². The zero-order valence-corrected chi connectivity index (χ0v) is 29.4. The zero-order valence-electron chi connectivity index (χ0n) is 29.4. The van der Waals surface area contributed by atoms with Crippen LogP contribution in [0.15, 0.2) is 42.9 Å². The van der Waals surface area contributed by atoms with E-state index in [2.05, 4.69) is 36.6 Å². The third kappa shape index (κ3) is 11.8. The van der Waals surface area contributed by atoms with Crippen molar-refractivity contribution in [1.29, 1.82) is 0 Å². The number of Topliss-reactive ketones (excluding diaryl/α,β-unsaturated/α-hetero) is 1. The van der Waals surface area contributed by atoms with Crippen LogP contribution < -0.4 is 26.6 Å². The molecule has 1 fully saturated rings. The summed E-state index contributed by atoms with van der Waals surface area (Å²) in [5.41, 5.74) is 1.51. The summed E-state index contributed by atoms with van der Waals surface area (Å²) in [5, 5.41) is 13.3. The molecule has 0 unspecified atom stereocenters. The number of ketones is 1. The van der Waals surface area contributed by atoms with Gasteiger partial charge in [0.1, 0.15) is 24.2 Å². The van der Waals surface area contributed by atoms with Gasteiger partial charge in [-0.2, -0.15) is 0 Å². The van der Waals surface area contributed by atoms with Gasteiger partial charge in [-0.1, -0.05) is 64.4 Å². The van der Waals surface area contributed by atoms with Crippen LogP contribution in [0.25, 0.3) is 0 Å². The number of H-pyrrole nitrogens is 1. The summed E-state index contributed by atoms with van der Waals surface area (Å²) in [6.07, 6.45) is 4.70. The van der Waals surface area contributed by atoms with Gasteiger partial charge in [-0.3, -0.25) is 33.6 Å². The fraction of sp³-hybridized carbons (Fsp3) is 0.543. The van der Waals surface area contributed by atoms with Crippen molar-refractivity contribution in [3.05, 3.63) is 54.1 Å². The standard InChI is InChI=1S/C35H50N8O7/c1-6-22(4)30(34(49)37-17-24-11-8-7-9-12-24)42-33(48)27-13-10-14-43(27)35(50)28(44)19-38-31(46)23(5)40-32(47)26(16-25-18-36-20-39-25)41-29(45)15-21(2)3/h7-9,11-12,18,20-23,26-27,30H,6,10,13-17,19H2,1-5H3,(H,36,39)(H,37,49)(H,38,46)(H,40,47)(H,41,45)(H,42,48)/t22-,23-,26-,27-,30-/m0/s1. The third-order valence-corrected chi connectivity index (χ3v) is 8.56. The van der Waals surface area contributed by atoms with E-state index in [1.165, 1.54) is 24.3 Å². The summed E-state index contributed by atoms with van der Waals surface area (Å²) in [6, 6.07) is 5.47. The molecule has 1 aromatic carbocycles. The number of amides is 6. The van der Waals surface area contributed by atoms with Crippen molar-refractivity contribution in [2.45, 2.75) is 97.4 Å². The minimum atomic E-state index is -1.10. The van der Waals surface area contributed by atoms with E-state index in [1.807, 2.05) is 58.0 Å². The highest BCUT2D eigenvalue weighted by atomic mass is 16.2. The zero-order chi connectivity index (χ0) is 36.8. The van der Waals surface area contributed by atoms with E-state index >= 15 is 0 Å². The molecule has 1 aliphatic heterocycles. The van der Waals surface area contributed by atoms with E-state index in [-0.39, 0.29) is 43.0 Å². The van der Waals surface area contributed by atoms with Gasteiger partial charge in [0.2, 0.25) is 35.3 Å². The van der Waals surface area contributed by atoms with Gasteiger partial charge in [-0.05, 0) is 37.2 Å². The Bertz CT molecular complexity index is 1480. The number of nitrogens with one attached hydrogen (secondary N) is 6. The smallest absolute Gasteiger partial charge is 0.292 e. The molecule has 0 bridgehead atoms. The highest BCUT2D eigenvalue weighted by Gasteiger charge is 2.39. The number of imidazole rings is 1. The predicted molar refractivity (Wildman–Crippen MR) is 184 cm³/mol. The quantitative estimate of drug-likeness (QED) is 0.121. The number of hydrogen-bond acceptors (Lipinski definition) is 8. The van der Waals surface area contributed by atoms with Crippen LogP contribution in [0.4, 0.5) is 0 Å². The molecule has 6 amide bonds. The van der Waals surface area contributed by atoms with Gasteiger partial charge >= 0.3 is 0 Å². The molecule has 6 N–H and O–H groups in total. The number of carbonyl (C=O) groups is 7. The summed E-state index contributed by atoms with van der Waals surface area (Å²) >= 11 is 0. The number of carbonyl (C=O) groups excluding carboxylic acids is 7. The third-order valence-electron chi connectivity index (χ3n) is 8.56. The Morgan fingerprint density at radius 2 is 1.64 bits per heavy atom. The number of aromatic nitrogens is 2. The fourth-order valence-corrected chi connectivity index (χ4v) is 5.51. The van der Waals surface area contributed by atoms with Crippen LogP contribution in [0, 0.1) is 11.8 Å². The lowest BCUT2D eigenvalue weighted by molar-refractivity contribution is -0.147. The second-order valence-corrected chi connectivity index (χ2v) is 13.1. The fourth-order valence-electron chi connectivity index (χ4n) is 5.51. The van der Waals surface area contributed by atoms with Crippen LogP contribution in [-0.2, 0) is 46.5 Å². The maximum atomic E-state index is 13.4. The largest absolute Gasteiger partial charge is 0.350 e. The summed E-state index contributed by atoms with van der Waals surface area (Å²) in [6.45, 7) is 8.72.